The van der Waals surface area contributed by atoms with Gasteiger partial charge in [0.25, 0.3) is 0 Å². The van der Waals surface area contributed by atoms with E-state index in [9.17, 15) is 4.21 Å². The largest absolute Gasteiger partial charge is 0.428 e. The Bertz CT molecular complexity index is 743. The van der Waals surface area contributed by atoms with Crippen molar-refractivity contribution in [3.05, 3.63) is 53.6 Å². The van der Waals surface area contributed by atoms with Gasteiger partial charge in [-0.2, -0.15) is 4.40 Å². The predicted molar refractivity (Wildman–Crippen MR) is 88.3 cm³/mol. The number of rotatable bonds is 5. The smallest absolute Gasteiger partial charge is 0.361 e. The van der Waals surface area contributed by atoms with Crippen molar-refractivity contribution < 1.29 is 18.4 Å². The van der Waals surface area contributed by atoms with E-state index in [2.05, 4.69) is 4.40 Å². The Morgan fingerprint density at radius 1 is 1.17 bits per heavy atom. The molecule has 0 saturated carbocycles. The Kier molecular flexibility index (Phi) is 4.73. The molecule has 0 saturated heterocycles. The van der Waals surface area contributed by atoms with Crippen LogP contribution in [0.3, 0.4) is 0 Å². The van der Waals surface area contributed by atoms with Crippen molar-refractivity contribution in [3.8, 4) is 11.5 Å². The summed E-state index contributed by atoms with van der Waals surface area (Å²) in [6.07, 6.45) is 1.56. The lowest BCUT2D eigenvalue weighted by atomic mass is 10.2. The van der Waals surface area contributed by atoms with Crippen LogP contribution in [0, 0.1) is 6.92 Å². The maximum absolute atomic E-state index is 12.1. The van der Waals surface area contributed by atoms with Gasteiger partial charge in [-0.3, -0.25) is 0 Å². The zero-order valence-electron chi connectivity index (χ0n) is 12.9. The first-order valence-corrected chi connectivity index (χ1v) is 8.38. The van der Waals surface area contributed by atoms with E-state index in [1.807, 2.05) is 44.2 Å². The van der Waals surface area contributed by atoms with Crippen molar-refractivity contribution in [1.82, 2.24) is 0 Å². The van der Waals surface area contributed by atoms with Crippen LogP contribution in [0.4, 0.5) is 0 Å². The summed E-state index contributed by atoms with van der Waals surface area (Å²) in [4.78, 5) is 0.670. The lowest BCUT2D eigenvalue weighted by Gasteiger charge is -2.07. The second-order valence-electron chi connectivity index (χ2n) is 4.98. The maximum Gasteiger partial charge on any atom is 0.361 e. The molecule has 23 heavy (non-hydrogen) atoms. The van der Waals surface area contributed by atoms with E-state index in [1.165, 1.54) is 0 Å². The molecule has 2 aromatic carbocycles. The van der Waals surface area contributed by atoms with E-state index >= 15 is 0 Å². The fourth-order valence-electron chi connectivity index (χ4n) is 2.05. The van der Waals surface area contributed by atoms with Gasteiger partial charge in [-0.25, -0.2) is 4.21 Å². The van der Waals surface area contributed by atoms with Crippen LogP contribution in [-0.4, -0.2) is 23.5 Å². The molecule has 0 fully saturated rings. The average Bonchev–Trinajstić information content (AvgIpc) is 2.95. The van der Waals surface area contributed by atoms with Crippen molar-refractivity contribution in [2.75, 3.05) is 6.61 Å². The Labute approximate surface area is 137 Å². The Morgan fingerprint density at radius 3 is 2.65 bits per heavy atom. The van der Waals surface area contributed by atoms with Crippen LogP contribution in [0.5, 0.6) is 11.5 Å². The second kappa shape index (κ2) is 6.93. The monoisotopic (exact) mass is 331 g/mol. The molecule has 0 radical (unpaired) electrons. The third-order valence-electron chi connectivity index (χ3n) is 3.24. The SMILES string of the molecule is CCOC1Oc2ccc(/C=N/S(=O)c3ccc(C)cc3)cc2O1. The molecule has 1 heterocycles. The van der Waals surface area contributed by atoms with Gasteiger partial charge in [-0.15, -0.1) is 0 Å². The molecule has 2 unspecified atom stereocenters. The van der Waals surface area contributed by atoms with Gasteiger partial charge < -0.3 is 14.2 Å². The maximum atomic E-state index is 12.1. The second-order valence-corrected chi connectivity index (χ2v) is 6.16. The van der Waals surface area contributed by atoms with Gasteiger partial charge in [0.1, 0.15) is 0 Å². The summed E-state index contributed by atoms with van der Waals surface area (Å²) in [6, 6.07) is 12.8. The van der Waals surface area contributed by atoms with Crippen molar-refractivity contribution in [1.29, 1.82) is 0 Å². The average molecular weight is 331 g/mol. The summed E-state index contributed by atoms with van der Waals surface area (Å²) in [5, 5.41) is 0. The molecule has 2 aromatic rings. The number of hydrogen-bond acceptors (Lipinski definition) is 4. The Balaban J connectivity index is 1.70. The fourth-order valence-corrected chi connectivity index (χ4v) is 2.76. The molecule has 0 aliphatic carbocycles. The van der Waals surface area contributed by atoms with Gasteiger partial charge in [0.2, 0.25) is 0 Å². The van der Waals surface area contributed by atoms with Gasteiger partial charge in [-0.05, 0) is 49.7 Å². The summed E-state index contributed by atoms with van der Waals surface area (Å²) >= 11 is 0. The van der Waals surface area contributed by atoms with Crippen LogP contribution in [0.25, 0.3) is 0 Å². The zero-order chi connectivity index (χ0) is 16.2. The number of fused-ring (bicyclic) bond motifs is 1. The van der Waals surface area contributed by atoms with Crippen LogP contribution in [-0.2, 0) is 15.7 Å². The van der Waals surface area contributed by atoms with Gasteiger partial charge in [0.05, 0.1) is 11.5 Å². The minimum absolute atomic E-state index is 0.502. The molecule has 6 heteroatoms. The standard InChI is InChI=1S/C17H17NO4S/c1-3-20-17-21-15-9-6-13(10-16(15)22-17)11-18-23(19)14-7-4-12(2)5-8-14/h4-11,17H,3H2,1-2H3/b18-11+. The van der Waals surface area contributed by atoms with E-state index < -0.39 is 17.5 Å². The van der Waals surface area contributed by atoms with Gasteiger partial charge in [0.15, 0.2) is 22.5 Å². The first kappa shape index (κ1) is 15.7. The van der Waals surface area contributed by atoms with Crippen LogP contribution < -0.4 is 9.47 Å². The molecule has 0 aromatic heterocycles. The van der Waals surface area contributed by atoms with E-state index in [0.717, 1.165) is 11.1 Å². The number of hydrogen-bond donors (Lipinski definition) is 0. The molecule has 120 valence electrons. The molecular formula is C17H17NO4S. The van der Waals surface area contributed by atoms with Crippen LogP contribution in [0.15, 0.2) is 51.8 Å². The minimum Gasteiger partial charge on any atom is -0.428 e. The highest BCUT2D eigenvalue weighted by Crippen LogP contribution is 2.35. The molecular weight excluding hydrogens is 314 g/mol. The van der Waals surface area contributed by atoms with E-state index in [-0.39, 0.29) is 0 Å². The van der Waals surface area contributed by atoms with Gasteiger partial charge >= 0.3 is 6.48 Å². The molecule has 0 spiro atoms. The molecule has 3 rings (SSSR count). The number of aryl methyl sites for hydroxylation is 1. The van der Waals surface area contributed by atoms with Crippen molar-refractivity contribution >= 4 is 17.2 Å². The van der Waals surface area contributed by atoms with E-state index in [4.69, 9.17) is 14.2 Å². The summed E-state index contributed by atoms with van der Waals surface area (Å²) in [5.41, 5.74) is 1.90. The van der Waals surface area contributed by atoms with E-state index in [1.54, 1.807) is 18.3 Å². The molecule has 0 amide bonds. The highest BCUT2D eigenvalue weighted by Gasteiger charge is 2.24. The summed E-state index contributed by atoms with van der Waals surface area (Å²) in [7, 11) is -1.43. The first-order chi connectivity index (χ1) is 11.2. The normalized spacial score (nSPS) is 17.6. The molecule has 1 aliphatic rings. The predicted octanol–water partition coefficient (Wildman–Crippen LogP) is 3.23. The molecule has 1 aliphatic heterocycles. The number of ether oxygens (including phenoxy) is 3. The third kappa shape index (κ3) is 3.78. The molecule has 5 nitrogen and oxygen atoms in total. The zero-order valence-corrected chi connectivity index (χ0v) is 13.7. The highest BCUT2D eigenvalue weighted by molar-refractivity contribution is 7.83. The van der Waals surface area contributed by atoms with Crippen LogP contribution in [0.1, 0.15) is 18.1 Å². The lowest BCUT2D eigenvalue weighted by Crippen LogP contribution is -2.21. The number of benzene rings is 2. The summed E-state index contributed by atoms with van der Waals surface area (Å²) in [6.45, 7) is 3.65. The van der Waals surface area contributed by atoms with Gasteiger partial charge in [0, 0.05) is 6.21 Å². The topological polar surface area (TPSA) is 57.1 Å². The first-order valence-electron chi connectivity index (χ1n) is 7.27. The Morgan fingerprint density at radius 2 is 1.91 bits per heavy atom. The summed E-state index contributed by atoms with van der Waals surface area (Å²) in [5.74, 6) is 1.22. The minimum atomic E-state index is -1.43. The van der Waals surface area contributed by atoms with Crippen LogP contribution in [0.2, 0.25) is 0 Å². The molecule has 0 N–H and O–H groups in total. The summed E-state index contributed by atoms with van der Waals surface area (Å²) < 4.78 is 32.5. The fraction of sp³-hybridized carbons (Fsp3) is 0.235. The molecule has 0 bridgehead atoms. The van der Waals surface area contributed by atoms with Crippen LogP contribution >= 0.6 is 0 Å². The van der Waals surface area contributed by atoms with Crippen molar-refractivity contribution in [2.24, 2.45) is 4.40 Å². The highest BCUT2D eigenvalue weighted by atomic mass is 32.2. The van der Waals surface area contributed by atoms with E-state index in [0.29, 0.717) is 23.0 Å². The van der Waals surface area contributed by atoms with Gasteiger partial charge in [-0.1, -0.05) is 17.7 Å². The number of nitrogens with zero attached hydrogens (tertiary/aromatic N) is 1. The lowest BCUT2D eigenvalue weighted by molar-refractivity contribution is -0.173. The quantitative estimate of drug-likeness (QED) is 0.789. The van der Waals surface area contributed by atoms with Crippen molar-refractivity contribution in [3.63, 3.8) is 0 Å². The molecule has 2 atom stereocenters. The third-order valence-corrected chi connectivity index (χ3v) is 4.21. The Hall–Kier alpha value is -2.18. The van der Waals surface area contributed by atoms with Crippen molar-refractivity contribution in [2.45, 2.75) is 25.2 Å².